The van der Waals surface area contributed by atoms with Crippen molar-refractivity contribution in [2.75, 3.05) is 20.9 Å². The first kappa shape index (κ1) is 86.7. The molecule has 4 aromatic heterocycles. The largest absolute Gasteiger partial charge is 0.346 e. The molecule has 24 heteroatoms. The van der Waals surface area contributed by atoms with Crippen LogP contribution in [0.1, 0.15) is 67.4 Å². The fourth-order valence-electron chi connectivity index (χ4n) is 10.9. The lowest BCUT2D eigenvalue weighted by atomic mass is 9.96. The average molecular weight is 1650 g/mol. The summed E-state index contributed by atoms with van der Waals surface area (Å²) in [5.74, 6) is 2.74. The molecule has 15 aromatic rings. The fourth-order valence-corrected chi connectivity index (χ4v) is 18.3. The molecule has 0 bridgehead atoms. The first-order chi connectivity index (χ1) is 52.4. The third-order valence-corrected chi connectivity index (χ3v) is 23.3. The molecule has 0 atom stereocenters. The number of benzene rings is 11. The van der Waals surface area contributed by atoms with Gasteiger partial charge in [0.25, 0.3) is 0 Å². The molecule has 0 saturated carbocycles. The first-order valence-corrected chi connectivity index (χ1v) is 41.4. The van der Waals surface area contributed by atoms with E-state index in [9.17, 15) is 16.8 Å². The van der Waals surface area contributed by atoms with Gasteiger partial charge in [-0.05, 0) is 175 Å². The Hall–Kier alpha value is -10.9. The molecule has 0 unspecified atom stereocenters. The lowest BCUT2D eigenvalue weighted by Gasteiger charge is -2.18. The lowest BCUT2D eigenvalue weighted by molar-refractivity contribution is -0.610. The first-order valence-electron chi connectivity index (χ1n) is 34.2. The van der Waals surface area contributed by atoms with Crippen molar-refractivity contribution < 1.29 is 32.7 Å². The number of aryl methyl sites for hydroxylation is 1. The lowest BCUT2D eigenvalue weighted by Crippen LogP contribution is -2.36. The van der Waals surface area contributed by atoms with Gasteiger partial charge in [0, 0.05) is 17.1 Å². The van der Waals surface area contributed by atoms with E-state index < -0.39 is 19.7 Å². The minimum absolute atomic E-state index is 0. The highest BCUT2D eigenvalue weighted by atomic mass is 35.5. The highest BCUT2D eigenvalue weighted by Crippen LogP contribution is 2.37. The second kappa shape index (κ2) is 41.4. The fraction of sp³-hybridized carbons (Fsp3) is 0.136. The maximum Gasteiger partial charge on any atom is 0.346 e. The number of nitrogens with zero attached hydrogens (tertiary/aromatic N) is 9. The molecule has 15 rings (SSSR count). The molecule has 0 aliphatic heterocycles. The third kappa shape index (κ3) is 24.0. The molecule has 0 aliphatic carbocycles. The van der Waals surface area contributed by atoms with Crippen LogP contribution in [0.2, 0.25) is 0 Å². The van der Waals surface area contributed by atoms with Crippen molar-refractivity contribution in [2.45, 2.75) is 90.9 Å². The van der Waals surface area contributed by atoms with E-state index >= 15 is 0 Å². The second-order valence-corrected chi connectivity index (χ2v) is 34.2. The summed E-state index contributed by atoms with van der Waals surface area (Å²) in [6, 6.07) is 105. The zero-order valence-corrected chi connectivity index (χ0v) is 65.6. The van der Waals surface area contributed by atoms with Crippen LogP contribution in [0.15, 0.2) is 342 Å². The van der Waals surface area contributed by atoms with Crippen LogP contribution < -0.4 is 36.7 Å². The summed E-state index contributed by atoms with van der Waals surface area (Å²) >= 11 is 17.2. The van der Waals surface area contributed by atoms with Crippen LogP contribution >= 0.6 is 69.3 Å². The van der Waals surface area contributed by atoms with Gasteiger partial charge in [-0.1, -0.05) is 265 Å². The summed E-state index contributed by atoms with van der Waals surface area (Å²) in [7, 11) is -7.08. The number of para-hydroxylation sites is 5. The van der Waals surface area contributed by atoms with Gasteiger partial charge in [-0.2, -0.15) is 11.9 Å². The Kier molecular flexibility index (Phi) is 32.0. The minimum atomic E-state index is -3.57. The smallest absolute Gasteiger partial charge is 0.308 e. The standard InChI is InChI=1S/C27H22N3O2S2.C22H19N3O2S2.C21H17N3S.C14H15Cl2N3S.4CH4/c31-34(32,25-19-11-4-12-20-25)21-29-26(22-13-5-1-6-14-22)28-27(33-29)30(23-15-7-2-8-16-23)24-17-9-3-10-18-24;1-17-12-14-18(15-13-17)21-24-22(23-19-8-4-2-5-9-19)28-25(21)16-29(26,27)20-10-6-3-7-11-20;1-4-10-17(11-5-1)16-24-20(18-12-6-2-7-13-18)23-21(25-24)22-19-14-8-3-9-15-19;1-14(2,3)12-18-13(20-19(12)9-11(15)16)17-10-7-5-4-6-8-10;;;;/h1-20H,21H2;2-15H,16H2,1H3;1-15H,16H2;4-9H,1-3H3;4*1H4/q+1;;;;;;;/p+3. The molecule has 574 valence electrons. The van der Waals surface area contributed by atoms with Gasteiger partial charge in [-0.3, -0.25) is 4.90 Å². The van der Waals surface area contributed by atoms with Crippen LogP contribution in [0.25, 0.3) is 40.4 Å². The Balaban J connectivity index is 0.000000188. The highest BCUT2D eigenvalue weighted by molar-refractivity contribution is 7.90. The van der Waals surface area contributed by atoms with E-state index in [1.807, 2.05) is 252 Å². The number of sulfone groups is 2. The van der Waals surface area contributed by atoms with Crippen molar-refractivity contribution in [3.05, 3.63) is 349 Å². The van der Waals surface area contributed by atoms with Crippen molar-refractivity contribution >= 4 is 144 Å². The quantitative estimate of drug-likeness (QED) is 0.0582. The van der Waals surface area contributed by atoms with E-state index in [0.717, 1.165) is 79.1 Å². The van der Waals surface area contributed by atoms with Crippen LogP contribution in [0.5, 0.6) is 0 Å². The summed E-state index contributed by atoms with van der Waals surface area (Å²) in [5.41, 5.74) is 9.97. The van der Waals surface area contributed by atoms with Crippen molar-refractivity contribution in [1.29, 1.82) is 0 Å². The molecule has 0 amide bonds. The van der Waals surface area contributed by atoms with Crippen molar-refractivity contribution in [3.8, 4) is 34.2 Å². The topological polar surface area (TPSA) is 175 Å². The maximum absolute atomic E-state index is 13.2. The molecule has 112 heavy (non-hydrogen) atoms. The Morgan fingerprint density at radius 3 is 1.11 bits per heavy atom. The van der Waals surface area contributed by atoms with Crippen LogP contribution in [0, 0.1) is 6.92 Å². The number of rotatable bonds is 21. The van der Waals surface area contributed by atoms with E-state index in [1.54, 1.807) is 80.2 Å². The van der Waals surface area contributed by atoms with Gasteiger partial charge >= 0.3 is 43.8 Å². The Morgan fingerprint density at radius 2 is 0.714 bits per heavy atom. The third-order valence-electron chi connectivity index (χ3n) is 16.0. The van der Waals surface area contributed by atoms with Gasteiger partial charge in [0.15, 0.2) is 0 Å². The van der Waals surface area contributed by atoms with Gasteiger partial charge in [-0.15, -0.1) is 3.96 Å². The summed E-state index contributed by atoms with van der Waals surface area (Å²) in [4.78, 5) is 21.8. The number of anilines is 9. The predicted molar refractivity (Wildman–Crippen MR) is 469 cm³/mol. The molecular weight excluding hydrogens is 1550 g/mol. The van der Waals surface area contributed by atoms with Crippen LogP contribution in [-0.2, 0) is 43.4 Å². The van der Waals surface area contributed by atoms with Crippen molar-refractivity contribution in [2.24, 2.45) is 0 Å². The molecule has 0 radical (unpaired) electrons. The molecule has 0 saturated heterocycles. The average Bonchev–Trinajstić information content (AvgIpc) is 1.64. The van der Waals surface area contributed by atoms with E-state index in [2.05, 4.69) is 87.0 Å². The number of hydrogen-bond acceptors (Lipinski definition) is 16. The van der Waals surface area contributed by atoms with Crippen molar-refractivity contribution in [1.82, 2.24) is 19.9 Å². The molecule has 4 heterocycles. The van der Waals surface area contributed by atoms with Crippen molar-refractivity contribution in [3.63, 3.8) is 0 Å². The predicted octanol–water partition coefficient (Wildman–Crippen LogP) is 22.7. The molecule has 16 nitrogen and oxygen atoms in total. The number of nitrogens with one attached hydrogen (secondary N) is 3. The molecule has 11 aromatic carbocycles. The summed E-state index contributed by atoms with van der Waals surface area (Å²) < 4.78 is 60.2. The maximum atomic E-state index is 13.2. The van der Waals surface area contributed by atoms with E-state index in [4.69, 9.17) is 33.2 Å². The molecular formula is C88H92Cl2N12O4S6+4. The van der Waals surface area contributed by atoms with E-state index in [0.29, 0.717) is 31.7 Å². The van der Waals surface area contributed by atoms with Gasteiger partial charge < -0.3 is 16.0 Å². The Labute approximate surface area is 686 Å². The number of hydrogen-bond donors (Lipinski definition) is 3. The van der Waals surface area contributed by atoms with Crippen LogP contribution in [0.4, 0.5) is 49.0 Å². The van der Waals surface area contributed by atoms with Crippen LogP contribution in [-0.4, -0.2) is 36.8 Å². The summed E-state index contributed by atoms with van der Waals surface area (Å²) in [6.07, 6.45) is 1.66. The number of halogens is 2. The zero-order valence-electron chi connectivity index (χ0n) is 59.2. The minimum Gasteiger partial charge on any atom is -0.308 e. The molecule has 0 spiro atoms. The molecule has 3 N–H and O–H groups in total. The van der Waals surface area contributed by atoms with Crippen LogP contribution in [0.3, 0.4) is 0 Å². The monoisotopic (exact) mass is 1640 g/mol. The van der Waals surface area contributed by atoms with E-state index in [-0.39, 0.29) is 51.4 Å². The summed E-state index contributed by atoms with van der Waals surface area (Å²) in [5, 5.41) is 13.0. The normalized spacial score (nSPS) is 10.7. The van der Waals surface area contributed by atoms with Gasteiger partial charge in [0.2, 0.25) is 31.4 Å². The second-order valence-electron chi connectivity index (χ2n) is 25.3. The van der Waals surface area contributed by atoms with Gasteiger partial charge in [0.05, 0.1) is 43.3 Å². The summed E-state index contributed by atoms with van der Waals surface area (Å²) in [6.45, 7) is 9.11. The van der Waals surface area contributed by atoms with Gasteiger partial charge in [-0.25, -0.2) is 16.8 Å². The SMILES string of the molecule is C.C.C.C.CC(C)(C)c1nc(Nc2ccccc2)s[n+]1C=C(Cl)Cl.Cc1ccc(-c2nc(Nc3ccccc3)s[n+]2CS(=O)(=O)c2ccccc2)cc1.O=S(=O)(C[n+]1sc(N(c2ccccc2)c2ccccc2)nc1-c1ccccc1)c1ccccc1.c1ccc(C[n+]2sc(Nc3ccccc3)nc2-c2ccccc2)cc1. The van der Waals surface area contributed by atoms with Gasteiger partial charge in [0.1, 0.15) is 63.4 Å². The zero-order chi connectivity index (χ0) is 75.3. The number of aromatic nitrogens is 8. The molecule has 0 aliphatic rings. The Bertz CT molecular complexity index is 5560. The highest BCUT2D eigenvalue weighted by Gasteiger charge is 2.35. The van der Waals surface area contributed by atoms with E-state index in [1.165, 1.54) is 40.2 Å². The Morgan fingerprint density at radius 1 is 0.393 bits per heavy atom. The molecule has 0 fully saturated rings.